The molecule has 0 saturated heterocycles. The molecule has 1 atom stereocenters. The summed E-state index contributed by atoms with van der Waals surface area (Å²) in [5.74, 6) is 0.812. The van der Waals surface area contributed by atoms with Crippen LogP contribution in [-0.2, 0) is 14.8 Å². The fourth-order valence-electron chi connectivity index (χ4n) is 2.72. The lowest BCUT2D eigenvalue weighted by Gasteiger charge is -2.24. The summed E-state index contributed by atoms with van der Waals surface area (Å²) in [5.41, 5.74) is 1.49. The summed E-state index contributed by atoms with van der Waals surface area (Å²) in [6, 6.07) is 9.27. The van der Waals surface area contributed by atoms with Crippen molar-refractivity contribution in [2.45, 2.75) is 17.9 Å². The van der Waals surface area contributed by atoms with Crippen molar-refractivity contribution in [1.29, 1.82) is 0 Å². The number of primary sulfonamides is 1. The molecule has 0 radical (unpaired) electrons. The van der Waals surface area contributed by atoms with Gasteiger partial charge in [0.05, 0.1) is 16.0 Å². The highest BCUT2D eigenvalue weighted by Crippen LogP contribution is 2.40. The van der Waals surface area contributed by atoms with Crippen molar-refractivity contribution in [3.8, 4) is 11.5 Å². The van der Waals surface area contributed by atoms with Gasteiger partial charge in [-0.05, 0) is 48.4 Å². The highest BCUT2D eigenvalue weighted by Gasteiger charge is 2.19. The van der Waals surface area contributed by atoms with Gasteiger partial charge in [0.25, 0.3) is 0 Å². The molecule has 1 heterocycles. The van der Waals surface area contributed by atoms with Gasteiger partial charge in [-0.15, -0.1) is 0 Å². The molecule has 3 rings (SSSR count). The molecule has 1 unspecified atom stereocenters. The summed E-state index contributed by atoms with van der Waals surface area (Å²) in [7, 11) is -2.09. The van der Waals surface area contributed by atoms with Crippen LogP contribution < -0.4 is 14.6 Å². The van der Waals surface area contributed by atoms with Crippen LogP contribution in [0.2, 0.25) is 5.02 Å². The molecular weight excluding hydrogens is 404 g/mol. The molecule has 7 nitrogen and oxygen atoms in total. The van der Waals surface area contributed by atoms with Crippen molar-refractivity contribution in [2.75, 3.05) is 13.8 Å². The Hall–Kier alpha value is -2.55. The summed E-state index contributed by atoms with van der Waals surface area (Å²) >= 11 is 6.14. The minimum absolute atomic E-state index is 0.0250. The highest BCUT2D eigenvalue weighted by molar-refractivity contribution is 7.89. The smallest absolute Gasteiger partial charge is 0.246 e. The van der Waals surface area contributed by atoms with Gasteiger partial charge >= 0.3 is 0 Å². The molecule has 0 spiro atoms. The fraction of sp³-hybridized carbons (Fsp3) is 0.211. The monoisotopic (exact) mass is 422 g/mol. The number of amides is 1. The highest BCUT2D eigenvalue weighted by atomic mass is 35.5. The van der Waals surface area contributed by atoms with Crippen molar-refractivity contribution in [2.24, 2.45) is 5.14 Å². The van der Waals surface area contributed by atoms with Crippen LogP contribution >= 0.6 is 11.6 Å². The number of benzene rings is 2. The second-order valence-electron chi connectivity index (χ2n) is 6.31. The molecule has 28 heavy (non-hydrogen) atoms. The number of hydrogen-bond acceptors (Lipinski definition) is 5. The molecule has 2 aromatic carbocycles. The number of fused-ring (bicyclic) bond motifs is 1. The molecular formula is C19H19ClN2O5S. The van der Waals surface area contributed by atoms with Crippen LogP contribution in [-0.4, -0.2) is 33.1 Å². The maximum Gasteiger partial charge on any atom is 0.246 e. The van der Waals surface area contributed by atoms with Crippen LogP contribution in [0, 0.1) is 0 Å². The molecule has 0 aromatic heterocycles. The third kappa shape index (κ3) is 4.30. The number of ether oxygens (including phenoxy) is 2. The Bertz CT molecular complexity index is 1040. The first-order valence-electron chi connectivity index (χ1n) is 8.33. The molecule has 0 saturated carbocycles. The maximum absolute atomic E-state index is 12.5. The first-order chi connectivity index (χ1) is 13.2. The zero-order valence-corrected chi connectivity index (χ0v) is 16.8. The Morgan fingerprint density at radius 3 is 2.57 bits per heavy atom. The lowest BCUT2D eigenvalue weighted by Crippen LogP contribution is -2.28. The van der Waals surface area contributed by atoms with E-state index in [2.05, 4.69) is 0 Å². The molecule has 0 aliphatic carbocycles. The van der Waals surface area contributed by atoms with E-state index < -0.39 is 10.0 Å². The molecule has 0 fully saturated rings. The first kappa shape index (κ1) is 20.2. The predicted molar refractivity (Wildman–Crippen MR) is 106 cm³/mol. The average molecular weight is 423 g/mol. The van der Waals surface area contributed by atoms with E-state index in [1.165, 1.54) is 23.1 Å². The molecule has 0 bridgehead atoms. The van der Waals surface area contributed by atoms with E-state index in [0.29, 0.717) is 22.1 Å². The van der Waals surface area contributed by atoms with Crippen LogP contribution in [0.3, 0.4) is 0 Å². The molecule has 2 N–H and O–H groups in total. The molecule has 148 valence electrons. The van der Waals surface area contributed by atoms with Gasteiger partial charge in [0.1, 0.15) is 0 Å². The van der Waals surface area contributed by atoms with E-state index in [4.69, 9.17) is 26.2 Å². The lowest BCUT2D eigenvalue weighted by molar-refractivity contribution is -0.126. The summed E-state index contributed by atoms with van der Waals surface area (Å²) in [6.07, 6.45) is 3.08. The largest absolute Gasteiger partial charge is 0.454 e. The molecule has 1 amide bonds. The van der Waals surface area contributed by atoms with Crippen LogP contribution in [0.15, 0.2) is 47.4 Å². The quantitative estimate of drug-likeness (QED) is 0.747. The third-order valence-electron chi connectivity index (χ3n) is 4.49. The van der Waals surface area contributed by atoms with Gasteiger partial charge in [-0.1, -0.05) is 23.7 Å². The van der Waals surface area contributed by atoms with Crippen molar-refractivity contribution < 1.29 is 22.7 Å². The fourth-order valence-corrected chi connectivity index (χ4v) is 3.51. The average Bonchev–Trinajstić information content (AvgIpc) is 3.13. The van der Waals surface area contributed by atoms with E-state index in [1.807, 2.05) is 6.92 Å². The number of sulfonamides is 1. The van der Waals surface area contributed by atoms with E-state index in [1.54, 1.807) is 37.4 Å². The normalized spacial score (nSPS) is 14.3. The van der Waals surface area contributed by atoms with Crippen LogP contribution in [0.4, 0.5) is 0 Å². The van der Waals surface area contributed by atoms with E-state index >= 15 is 0 Å². The second kappa shape index (κ2) is 7.83. The molecule has 9 heteroatoms. The van der Waals surface area contributed by atoms with Gasteiger partial charge in [-0.25, -0.2) is 13.6 Å². The number of carbonyl (C=O) groups excluding carboxylic acids is 1. The number of nitrogens with two attached hydrogens (primary N) is 1. The number of carbonyl (C=O) groups is 1. The van der Waals surface area contributed by atoms with Gasteiger partial charge in [0, 0.05) is 13.1 Å². The Balaban J connectivity index is 1.72. The molecule has 1 aliphatic heterocycles. The molecule has 1 aliphatic rings. The zero-order valence-electron chi connectivity index (χ0n) is 15.3. The summed E-state index contributed by atoms with van der Waals surface area (Å²) in [6.45, 7) is 1.96. The van der Waals surface area contributed by atoms with Gasteiger partial charge in [-0.3, -0.25) is 4.79 Å². The summed E-state index contributed by atoms with van der Waals surface area (Å²) in [4.78, 5) is 14.1. The number of hydrogen-bond donors (Lipinski definition) is 1. The van der Waals surface area contributed by atoms with Crippen LogP contribution in [0.25, 0.3) is 6.08 Å². The zero-order chi connectivity index (χ0) is 20.5. The number of halogens is 1. The Kier molecular flexibility index (Phi) is 5.64. The van der Waals surface area contributed by atoms with Crippen molar-refractivity contribution in [1.82, 2.24) is 4.90 Å². The van der Waals surface area contributed by atoms with Gasteiger partial charge in [0.2, 0.25) is 22.7 Å². The standard InChI is InChI=1S/C19H19ClN2O5S/c1-12(14-4-6-15(7-5-14)28(21,24)25)22(2)18(23)8-3-13-9-16(20)19-17(10-13)26-11-27-19/h3-10,12H,11H2,1-2H3,(H2,21,24,25). The van der Waals surface area contributed by atoms with Crippen LogP contribution in [0.1, 0.15) is 24.1 Å². The van der Waals surface area contributed by atoms with Crippen molar-refractivity contribution >= 4 is 33.6 Å². The third-order valence-corrected chi connectivity index (χ3v) is 5.70. The van der Waals surface area contributed by atoms with Crippen LogP contribution in [0.5, 0.6) is 11.5 Å². The van der Waals surface area contributed by atoms with Crippen molar-refractivity contribution in [3.63, 3.8) is 0 Å². The Labute approximate surface area is 168 Å². The first-order valence-corrected chi connectivity index (χ1v) is 10.3. The van der Waals surface area contributed by atoms with E-state index in [9.17, 15) is 13.2 Å². The van der Waals surface area contributed by atoms with Gasteiger partial charge in [-0.2, -0.15) is 0 Å². The number of rotatable bonds is 5. The van der Waals surface area contributed by atoms with Gasteiger partial charge < -0.3 is 14.4 Å². The minimum Gasteiger partial charge on any atom is -0.454 e. The minimum atomic E-state index is -3.75. The topological polar surface area (TPSA) is 98.9 Å². The Morgan fingerprint density at radius 1 is 1.25 bits per heavy atom. The van der Waals surface area contributed by atoms with Gasteiger partial charge in [0.15, 0.2) is 11.5 Å². The maximum atomic E-state index is 12.5. The molecule has 2 aromatic rings. The van der Waals surface area contributed by atoms with E-state index in [-0.39, 0.29) is 23.6 Å². The summed E-state index contributed by atoms with van der Waals surface area (Å²) < 4.78 is 33.3. The SMILES string of the molecule is CC(c1ccc(S(N)(=O)=O)cc1)N(C)C(=O)C=Cc1cc(Cl)c2c(c1)OCO2. The second-order valence-corrected chi connectivity index (χ2v) is 8.28. The number of likely N-dealkylation sites (N-methyl/N-ethyl adjacent to an activating group) is 1. The summed E-state index contributed by atoms with van der Waals surface area (Å²) in [5, 5.41) is 5.52. The predicted octanol–water partition coefficient (Wildman–Crippen LogP) is 2.95. The van der Waals surface area contributed by atoms with E-state index in [0.717, 1.165) is 5.56 Å². The lowest BCUT2D eigenvalue weighted by atomic mass is 10.1. The Morgan fingerprint density at radius 2 is 1.93 bits per heavy atom. The number of nitrogens with zero attached hydrogens (tertiary/aromatic N) is 1. The van der Waals surface area contributed by atoms with Crippen molar-refractivity contribution in [3.05, 3.63) is 58.6 Å².